The lowest BCUT2D eigenvalue weighted by molar-refractivity contribution is 0.177. The van der Waals surface area contributed by atoms with Crippen LogP contribution < -0.4 is 11.2 Å². The summed E-state index contributed by atoms with van der Waals surface area (Å²) >= 11 is 0. The SMILES string of the molecule is NC(=O)NN1CCCCCCCCCCCCCC1. The fraction of sp³-hybridized carbons (Fsp3) is 0.933. The molecule has 4 nitrogen and oxygen atoms in total. The Hall–Kier alpha value is -0.770. The van der Waals surface area contributed by atoms with Crippen molar-refractivity contribution in [1.29, 1.82) is 0 Å². The van der Waals surface area contributed by atoms with Gasteiger partial charge in [-0.3, -0.25) is 5.43 Å². The molecule has 0 radical (unpaired) electrons. The Morgan fingerprint density at radius 3 is 1.32 bits per heavy atom. The average molecular weight is 269 g/mol. The summed E-state index contributed by atoms with van der Waals surface area (Å²) in [6.07, 6.45) is 15.8. The van der Waals surface area contributed by atoms with Crippen LogP contribution in [0.5, 0.6) is 0 Å². The number of nitrogens with one attached hydrogen (secondary N) is 1. The molecular weight excluding hydrogens is 238 g/mol. The molecule has 0 aromatic carbocycles. The maximum absolute atomic E-state index is 11.0. The molecule has 112 valence electrons. The molecule has 19 heavy (non-hydrogen) atoms. The summed E-state index contributed by atoms with van der Waals surface area (Å²) in [6.45, 7) is 1.87. The minimum absolute atomic E-state index is 0.432. The second kappa shape index (κ2) is 11.1. The number of urea groups is 1. The zero-order chi connectivity index (χ0) is 13.8. The van der Waals surface area contributed by atoms with E-state index in [1.807, 2.05) is 5.01 Å². The van der Waals surface area contributed by atoms with E-state index in [9.17, 15) is 4.79 Å². The highest BCUT2D eigenvalue weighted by molar-refractivity contribution is 5.70. The summed E-state index contributed by atoms with van der Waals surface area (Å²) in [5, 5.41) is 2.00. The van der Waals surface area contributed by atoms with Gasteiger partial charge in [-0.2, -0.15) is 0 Å². The Morgan fingerprint density at radius 1 is 0.684 bits per heavy atom. The molecule has 0 aromatic heterocycles. The van der Waals surface area contributed by atoms with Crippen LogP contribution in [0.15, 0.2) is 0 Å². The average Bonchev–Trinajstić information content (AvgIpc) is 2.38. The second-order valence-corrected chi connectivity index (χ2v) is 5.71. The molecular formula is C15H31N3O. The summed E-state index contributed by atoms with van der Waals surface area (Å²) in [6, 6.07) is -0.432. The fourth-order valence-electron chi connectivity index (χ4n) is 2.75. The number of hydrogen-bond donors (Lipinski definition) is 2. The molecule has 0 aromatic rings. The first-order valence-corrected chi connectivity index (χ1v) is 8.10. The van der Waals surface area contributed by atoms with E-state index in [-0.39, 0.29) is 0 Å². The summed E-state index contributed by atoms with van der Waals surface area (Å²) < 4.78 is 0. The highest BCUT2D eigenvalue weighted by atomic mass is 16.2. The topological polar surface area (TPSA) is 58.4 Å². The third-order valence-electron chi connectivity index (χ3n) is 3.87. The van der Waals surface area contributed by atoms with Crippen LogP contribution in [-0.2, 0) is 0 Å². The van der Waals surface area contributed by atoms with E-state index in [0.29, 0.717) is 0 Å². The molecule has 4 heteroatoms. The predicted molar refractivity (Wildman–Crippen MR) is 79.7 cm³/mol. The molecule has 1 saturated heterocycles. The first kappa shape index (κ1) is 16.3. The van der Waals surface area contributed by atoms with Crippen molar-refractivity contribution in [2.45, 2.75) is 77.0 Å². The van der Waals surface area contributed by atoms with Crippen LogP contribution in [0.25, 0.3) is 0 Å². The van der Waals surface area contributed by atoms with Crippen molar-refractivity contribution < 1.29 is 4.79 Å². The number of carbonyl (C=O) groups is 1. The van der Waals surface area contributed by atoms with Gasteiger partial charge in [0.25, 0.3) is 0 Å². The lowest BCUT2D eigenvalue weighted by Crippen LogP contribution is -2.45. The van der Waals surface area contributed by atoms with Gasteiger partial charge in [0, 0.05) is 13.1 Å². The maximum Gasteiger partial charge on any atom is 0.326 e. The van der Waals surface area contributed by atoms with Gasteiger partial charge in [-0.1, -0.05) is 64.2 Å². The van der Waals surface area contributed by atoms with Crippen LogP contribution in [0.1, 0.15) is 77.0 Å². The standard InChI is InChI=1S/C15H31N3O/c16-15(19)17-18-13-11-9-7-5-3-1-2-4-6-8-10-12-14-18/h1-14H2,(H3,16,17,19). The summed E-state index contributed by atoms with van der Waals surface area (Å²) in [5.74, 6) is 0. The second-order valence-electron chi connectivity index (χ2n) is 5.71. The molecule has 0 unspecified atom stereocenters. The van der Waals surface area contributed by atoms with Crippen molar-refractivity contribution in [2.75, 3.05) is 13.1 Å². The van der Waals surface area contributed by atoms with Crippen LogP contribution in [0, 0.1) is 0 Å². The first-order valence-electron chi connectivity index (χ1n) is 8.10. The van der Waals surface area contributed by atoms with Gasteiger partial charge in [-0.25, -0.2) is 9.80 Å². The maximum atomic E-state index is 11.0. The molecule has 1 fully saturated rings. The largest absolute Gasteiger partial charge is 0.351 e. The lowest BCUT2D eigenvalue weighted by Gasteiger charge is -2.22. The smallest absolute Gasteiger partial charge is 0.326 e. The lowest BCUT2D eigenvalue weighted by atomic mass is 10.1. The van der Waals surface area contributed by atoms with E-state index in [0.717, 1.165) is 25.9 Å². The predicted octanol–water partition coefficient (Wildman–Crippen LogP) is 3.57. The van der Waals surface area contributed by atoms with Crippen molar-refractivity contribution in [3.8, 4) is 0 Å². The number of hydrogen-bond acceptors (Lipinski definition) is 2. The quantitative estimate of drug-likeness (QED) is 0.764. The first-order chi connectivity index (χ1) is 9.29. The highest BCUT2D eigenvalue weighted by Gasteiger charge is 2.06. The Balaban J connectivity index is 2.27. The number of nitrogens with two attached hydrogens (primary N) is 1. The van der Waals surface area contributed by atoms with Crippen molar-refractivity contribution in [3.05, 3.63) is 0 Å². The van der Waals surface area contributed by atoms with E-state index >= 15 is 0 Å². The van der Waals surface area contributed by atoms with Crippen LogP contribution in [0.4, 0.5) is 4.79 Å². The number of primary amides is 1. The zero-order valence-electron chi connectivity index (χ0n) is 12.3. The van der Waals surface area contributed by atoms with Crippen LogP contribution in [-0.4, -0.2) is 24.1 Å². The van der Waals surface area contributed by atoms with Gasteiger partial charge in [0.05, 0.1) is 0 Å². The van der Waals surface area contributed by atoms with Crippen molar-refractivity contribution in [3.63, 3.8) is 0 Å². The van der Waals surface area contributed by atoms with Crippen LogP contribution in [0.3, 0.4) is 0 Å². The monoisotopic (exact) mass is 269 g/mol. The van der Waals surface area contributed by atoms with E-state index < -0.39 is 6.03 Å². The molecule has 1 heterocycles. The fourth-order valence-corrected chi connectivity index (χ4v) is 2.75. The molecule has 1 rings (SSSR count). The number of hydrazine groups is 1. The molecule has 1 aliphatic rings. The van der Waals surface area contributed by atoms with E-state index in [4.69, 9.17) is 5.73 Å². The summed E-state index contributed by atoms with van der Waals surface area (Å²) in [5.41, 5.74) is 7.96. The molecule has 3 N–H and O–H groups in total. The summed E-state index contributed by atoms with van der Waals surface area (Å²) in [7, 11) is 0. The Morgan fingerprint density at radius 2 is 1.00 bits per heavy atom. The van der Waals surface area contributed by atoms with E-state index in [1.54, 1.807) is 0 Å². The van der Waals surface area contributed by atoms with E-state index in [1.165, 1.54) is 64.2 Å². The van der Waals surface area contributed by atoms with Gasteiger partial charge in [0.15, 0.2) is 0 Å². The van der Waals surface area contributed by atoms with Gasteiger partial charge in [-0.15, -0.1) is 0 Å². The van der Waals surface area contributed by atoms with Crippen molar-refractivity contribution in [2.24, 2.45) is 5.73 Å². The number of amides is 2. The van der Waals surface area contributed by atoms with Crippen molar-refractivity contribution >= 4 is 6.03 Å². The third kappa shape index (κ3) is 9.77. The minimum Gasteiger partial charge on any atom is -0.351 e. The molecule has 0 spiro atoms. The summed E-state index contributed by atoms with van der Waals surface area (Å²) in [4.78, 5) is 11.0. The van der Waals surface area contributed by atoms with Gasteiger partial charge >= 0.3 is 6.03 Å². The third-order valence-corrected chi connectivity index (χ3v) is 3.87. The van der Waals surface area contributed by atoms with Gasteiger partial charge < -0.3 is 5.73 Å². The number of rotatable bonds is 1. The van der Waals surface area contributed by atoms with Gasteiger partial charge in [0.2, 0.25) is 0 Å². The Bertz CT molecular complexity index is 217. The normalized spacial score (nSPS) is 22.1. The van der Waals surface area contributed by atoms with E-state index in [2.05, 4.69) is 5.43 Å². The molecule has 0 atom stereocenters. The number of carbonyl (C=O) groups excluding carboxylic acids is 1. The zero-order valence-corrected chi connectivity index (χ0v) is 12.3. The highest BCUT2D eigenvalue weighted by Crippen LogP contribution is 2.13. The Kier molecular flexibility index (Phi) is 9.51. The molecule has 1 aliphatic heterocycles. The number of nitrogens with zero attached hydrogens (tertiary/aromatic N) is 1. The molecule has 0 saturated carbocycles. The molecule has 0 bridgehead atoms. The van der Waals surface area contributed by atoms with Crippen LogP contribution >= 0.6 is 0 Å². The minimum atomic E-state index is -0.432. The Labute approximate surface area is 118 Å². The molecule has 2 amide bonds. The van der Waals surface area contributed by atoms with Crippen LogP contribution in [0.2, 0.25) is 0 Å². The van der Waals surface area contributed by atoms with Gasteiger partial charge in [0.1, 0.15) is 0 Å². The molecule has 0 aliphatic carbocycles. The van der Waals surface area contributed by atoms with Crippen molar-refractivity contribution in [1.82, 2.24) is 10.4 Å². The van der Waals surface area contributed by atoms with Gasteiger partial charge in [-0.05, 0) is 12.8 Å².